The van der Waals surface area contributed by atoms with Crippen molar-refractivity contribution in [3.05, 3.63) is 74.9 Å². The van der Waals surface area contributed by atoms with Gasteiger partial charge in [0.25, 0.3) is 0 Å². The van der Waals surface area contributed by atoms with E-state index in [2.05, 4.69) is 20.5 Å². The second kappa shape index (κ2) is 7.21. The van der Waals surface area contributed by atoms with Crippen molar-refractivity contribution in [2.45, 2.75) is 6.54 Å². The molecule has 3 rings (SSSR count). The van der Waals surface area contributed by atoms with Crippen molar-refractivity contribution in [2.75, 3.05) is 5.32 Å². The van der Waals surface area contributed by atoms with Crippen molar-refractivity contribution in [1.29, 1.82) is 0 Å². The van der Waals surface area contributed by atoms with Crippen molar-refractivity contribution < 1.29 is 0 Å². The second-order valence-electron chi connectivity index (χ2n) is 4.71. The van der Waals surface area contributed by atoms with E-state index in [9.17, 15) is 4.79 Å². The van der Waals surface area contributed by atoms with Gasteiger partial charge in [-0.15, -0.1) is 10.2 Å². The number of hydrogen-bond donors (Lipinski definition) is 2. The molecule has 1 heterocycles. The van der Waals surface area contributed by atoms with E-state index in [4.69, 9.17) is 11.6 Å². The predicted molar refractivity (Wildman–Crippen MR) is 94.3 cm³/mol. The van der Waals surface area contributed by atoms with Crippen molar-refractivity contribution in [3.8, 4) is 0 Å². The summed E-state index contributed by atoms with van der Waals surface area (Å²) in [6, 6.07) is 16.9. The van der Waals surface area contributed by atoms with Crippen LogP contribution in [0.15, 0.2) is 69.6 Å². The molecule has 1 aromatic heterocycles. The number of thiazole rings is 1. The standard InChI is InChI=1S/C16H13ClN4OS/c17-12-6-8-13(9-7-12)20-21-15-14(19-16(22)23-15)18-10-11-4-2-1-3-5-11/h1-9,18H,10H2,(H,19,22). The monoisotopic (exact) mass is 344 g/mol. The van der Waals surface area contributed by atoms with E-state index in [1.54, 1.807) is 24.3 Å². The topological polar surface area (TPSA) is 69.6 Å². The molecule has 0 aliphatic heterocycles. The molecule has 0 saturated carbocycles. The van der Waals surface area contributed by atoms with Crippen LogP contribution in [0.3, 0.4) is 0 Å². The average molecular weight is 345 g/mol. The molecule has 7 heteroatoms. The van der Waals surface area contributed by atoms with Gasteiger partial charge < -0.3 is 5.32 Å². The molecule has 0 unspecified atom stereocenters. The third kappa shape index (κ3) is 4.28. The summed E-state index contributed by atoms with van der Waals surface area (Å²) in [5.41, 5.74) is 1.78. The van der Waals surface area contributed by atoms with Crippen molar-refractivity contribution in [3.63, 3.8) is 0 Å². The molecule has 0 atom stereocenters. The maximum absolute atomic E-state index is 11.6. The molecule has 0 aliphatic carbocycles. The van der Waals surface area contributed by atoms with Gasteiger partial charge in [0, 0.05) is 11.6 Å². The highest BCUT2D eigenvalue weighted by molar-refractivity contribution is 7.13. The fourth-order valence-electron chi connectivity index (χ4n) is 1.91. The largest absolute Gasteiger partial charge is 0.365 e. The summed E-state index contributed by atoms with van der Waals surface area (Å²) in [5.74, 6) is 0.571. The van der Waals surface area contributed by atoms with Crippen molar-refractivity contribution >= 4 is 39.4 Å². The van der Waals surface area contributed by atoms with Crippen LogP contribution in [0, 0.1) is 0 Å². The van der Waals surface area contributed by atoms with Gasteiger partial charge in [0.15, 0.2) is 5.00 Å². The van der Waals surface area contributed by atoms with Gasteiger partial charge in [-0.05, 0) is 29.8 Å². The Bertz CT molecular complexity index is 856. The first-order chi connectivity index (χ1) is 11.2. The summed E-state index contributed by atoms with van der Waals surface area (Å²) < 4.78 is 0. The summed E-state index contributed by atoms with van der Waals surface area (Å²) in [5, 5.41) is 12.6. The normalized spacial score (nSPS) is 11.0. The van der Waals surface area contributed by atoms with Crippen LogP contribution in [0.4, 0.5) is 16.5 Å². The van der Waals surface area contributed by atoms with Gasteiger partial charge >= 0.3 is 4.87 Å². The summed E-state index contributed by atoms with van der Waals surface area (Å²) in [7, 11) is 0. The van der Waals surface area contributed by atoms with E-state index in [-0.39, 0.29) is 4.87 Å². The van der Waals surface area contributed by atoms with Crippen LogP contribution in [-0.4, -0.2) is 4.98 Å². The quantitative estimate of drug-likeness (QED) is 0.631. The number of hydrogen-bond acceptors (Lipinski definition) is 5. The molecule has 0 fully saturated rings. The first-order valence-electron chi connectivity index (χ1n) is 6.89. The van der Waals surface area contributed by atoms with Crippen molar-refractivity contribution in [1.82, 2.24) is 4.98 Å². The summed E-state index contributed by atoms with van der Waals surface area (Å²) in [6.45, 7) is 0.594. The zero-order chi connectivity index (χ0) is 16.1. The van der Waals surface area contributed by atoms with Gasteiger partial charge in [-0.1, -0.05) is 53.3 Å². The van der Waals surface area contributed by atoms with E-state index >= 15 is 0 Å². The lowest BCUT2D eigenvalue weighted by Gasteiger charge is -2.04. The first-order valence-corrected chi connectivity index (χ1v) is 8.08. The molecule has 2 N–H and O–H groups in total. The average Bonchev–Trinajstić information content (AvgIpc) is 2.93. The molecule has 0 bridgehead atoms. The number of anilines is 1. The number of azo groups is 1. The maximum atomic E-state index is 11.6. The minimum Gasteiger partial charge on any atom is -0.365 e. The Balaban J connectivity index is 1.75. The lowest BCUT2D eigenvalue weighted by atomic mass is 10.2. The molecule has 2 aromatic carbocycles. The molecule has 0 radical (unpaired) electrons. The third-order valence-corrected chi connectivity index (χ3v) is 4.04. The first kappa shape index (κ1) is 15.5. The minimum atomic E-state index is -0.175. The maximum Gasteiger partial charge on any atom is 0.308 e. The Morgan fingerprint density at radius 1 is 1.04 bits per heavy atom. The van der Waals surface area contributed by atoms with E-state index in [1.165, 1.54) is 0 Å². The highest BCUT2D eigenvalue weighted by atomic mass is 35.5. The molecule has 0 amide bonds. The number of nitrogens with zero attached hydrogens (tertiary/aromatic N) is 2. The van der Waals surface area contributed by atoms with Crippen LogP contribution in [0.1, 0.15) is 5.56 Å². The van der Waals surface area contributed by atoms with E-state index in [0.717, 1.165) is 16.9 Å². The molecule has 3 aromatic rings. The number of rotatable bonds is 5. The van der Waals surface area contributed by atoms with Crippen LogP contribution in [0.5, 0.6) is 0 Å². The number of H-pyrrole nitrogens is 1. The molecule has 0 aliphatic rings. The van der Waals surface area contributed by atoms with Gasteiger partial charge in [0.1, 0.15) is 5.82 Å². The van der Waals surface area contributed by atoms with Crippen LogP contribution in [0.2, 0.25) is 5.02 Å². The molecule has 116 valence electrons. The van der Waals surface area contributed by atoms with Gasteiger partial charge in [-0.3, -0.25) is 9.78 Å². The highest BCUT2D eigenvalue weighted by Crippen LogP contribution is 2.28. The fraction of sp³-hybridized carbons (Fsp3) is 0.0625. The molecule has 23 heavy (non-hydrogen) atoms. The Morgan fingerprint density at radius 2 is 1.78 bits per heavy atom. The van der Waals surface area contributed by atoms with Crippen LogP contribution >= 0.6 is 22.9 Å². The molecular formula is C16H13ClN4OS. The summed E-state index contributed by atoms with van der Waals surface area (Å²) in [6.07, 6.45) is 0. The predicted octanol–water partition coefficient (Wildman–Crippen LogP) is 5.12. The minimum absolute atomic E-state index is 0.175. The Hall–Kier alpha value is -2.44. The number of aromatic amines is 1. The van der Waals surface area contributed by atoms with Gasteiger partial charge in [0.05, 0.1) is 5.69 Å². The fourth-order valence-corrected chi connectivity index (χ4v) is 2.67. The Labute approximate surface area is 141 Å². The van der Waals surface area contributed by atoms with Gasteiger partial charge in [0.2, 0.25) is 0 Å². The third-order valence-electron chi connectivity index (χ3n) is 3.03. The van der Waals surface area contributed by atoms with Crippen LogP contribution in [-0.2, 0) is 6.54 Å². The highest BCUT2D eigenvalue weighted by Gasteiger charge is 2.07. The number of aromatic nitrogens is 1. The summed E-state index contributed by atoms with van der Waals surface area (Å²) >= 11 is 6.84. The molecule has 0 spiro atoms. The zero-order valence-electron chi connectivity index (χ0n) is 12.0. The van der Waals surface area contributed by atoms with Gasteiger partial charge in [-0.25, -0.2) is 0 Å². The second-order valence-corrected chi connectivity index (χ2v) is 6.11. The summed E-state index contributed by atoms with van der Waals surface area (Å²) in [4.78, 5) is 14.1. The van der Waals surface area contributed by atoms with Crippen LogP contribution in [0.25, 0.3) is 0 Å². The number of benzene rings is 2. The SMILES string of the molecule is O=c1[nH]c(NCc2ccccc2)c(N=Nc2ccc(Cl)cc2)s1. The zero-order valence-corrected chi connectivity index (χ0v) is 13.6. The van der Waals surface area contributed by atoms with Crippen LogP contribution < -0.4 is 10.2 Å². The lowest BCUT2D eigenvalue weighted by molar-refractivity contribution is 1.11. The lowest BCUT2D eigenvalue weighted by Crippen LogP contribution is -2.02. The Kier molecular flexibility index (Phi) is 4.85. The van der Waals surface area contributed by atoms with E-state index in [1.807, 2.05) is 30.3 Å². The van der Waals surface area contributed by atoms with Crippen molar-refractivity contribution in [2.24, 2.45) is 10.2 Å². The van der Waals surface area contributed by atoms with E-state index < -0.39 is 0 Å². The number of nitrogens with one attached hydrogen (secondary N) is 2. The molecule has 0 saturated heterocycles. The smallest absolute Gasteiger partial charge is 0.308 e. The Morgan fingerprint density at radius 3 is 2.52 bits per heavy atom. The van der Waals surface area contributed by atoms with E-state index in [0.29, 0.717) is 28.1 Å². The molecule has 5 nitrogen and oxygen atoms in total. The number of halogens is 1. The molecular weight excluding hydrogens is 332 g/mol. The van der Waals surface area contributed by atoms with Gasteiger partial charge in [-0.2, -0.15) is 0 Å².